The predicted molar refractivity (Wildman–Crippen MR) is 191 cm³/mol. The van der Waals surface area contributed by atoms with E-state index in [2.05, 4.69) is 56.3 Å². The fraction of sp³-hybridized carbons (Fsp3) is 0.359. The number of carbonyl (C=O) groups is 2. The van der Waals surface area contributed by atoms with Crippen molar-refractivity contribution in [2.24, 2.45) is 0 Å². The molecule has 0 spiro atoms. The van der Waals surface area contributed by atoms with Gasteiger partial charge in [-0.3, -0.25) is 4.79 Å². The molecule has 2 amide bonds. The predicted octanol–water partition coefficient (Wildman–Crippen LogP) is 6.78. The number of likely N-dealkylation sites (N-methyl/N-ethyl adjacent to an activating group) is 1. The van der Waals surface area contributed by atoms with E-state index in [9.17, 15) is 14.7 Å². The highest BCUT2D eigenvalue weighted by atomic mass is 16.5. The number of carbonyl (C=O) groups excluding carboxylic acids is 1. The Morgan fingerprint density at radius 3 is 2.53 bits per heavy atom. The van der Waals surface area contributed by atoms with Crippen LogP contribution in [-0.2, 0) is 9.53 Å². The second kappa shape index (κ2) is 16.9. The van der Waals surface area contributed by atoms with Crippen molar-refractivity contribution in [1.82, 2.24) is 19.6 Å². The Morgan fingerprint density at radius 1 is 1.06 bits per heavy atom. The van der Waals surface area contributed by atoms with E-state index in [0.29, 0.717) is 5.75 Å². The lowest BCUT2D eigenvalue weighted by atomic mass is 9.86. The Labute approximate surface area is 287 Å². The van der Waals surface area contributed by atoms with E-state index in [-0.39, 0.29) is 45.0 Å². The average molecular weight is 667 g/mol. The second-order valence-corrected chi connectivity index (χ2v) is 12.2. The molecule has 2 N–H and O–H groups in total. The van der Waals surface area contributed by atoms with Crippen LogP contribution >= 0.6 is 0 Å². The van der Waals surface area contributed by atoms with Gasteiger partial charge in [-0.05, 0) is 90.3 Å². The molecule has 1 aliphatic rings. The highest BCUT2D eigenvalue weighted by Crippen LogP contribution is 2.38. The van der Waals surface area contributed by atoms with Crippen molar-refractivity contribution in [2.75, 3.05) is 46.5 Å². The first-order valence-electron chi connectivity index (χ1n) is 16.9. The van der Waals surface area contributed by atoms with Crippen LogP contribution in [0.2, 0.25) is 0 Å². The van der Waals surface area contributed by atoms with Crippen molar-refractivity contribution in [2.45, 2.75) is 45.8 Å². The van der Waals surface area contributed by atoms with Gasteiger partial charge in [0.2, 0.25) is 5.91 Å². The lowest BCUT2D eigenvalue weighted by molar-refractivity contribution is -0.125. The molecule has 3 aromatic carbocycles. The summed E-state index contributed by atoms with van der Waals surface area (Å²) < 4.78 is 14.0. The molecule has 0 aliphatic carbocycles. The minimum atomic E-state index is -1.10. The van der Waals surface area contributed by atoms with Crippen LogP contribution in [0.25, 0.3) is 22.0 Å². The molecule has 1 unspecified atom stereocenters. The molecule has 0 radical (unpaired) electrons. The van der Waals surface area contributed by atoms with Crippen LogP contribution in [0.15, 0.2) is 85.1 Å². The zero-order valence-electron chi connectivity index (χ0n) is 28.5. The summed E-state index contributed by atoms with van der Waals surface area (Å²) in [5.74, 6) is 0.324. The number of aromatic nitrogens is 2. The number of hydrogen-bond acceptors (Lipinski definition) is 6. The largest absolute Gasteiger partial charge is 0.492 e. The molecule has 5 rings (SSSR count). The molecule has 2 heterocycles. The quantitative estimate of drug-likeness (QED) is 0.113. The molecule has 1 fully saturated rings. The minimum absolute atomic E-state index is 0.0366. The van der Waals surface area contributed by atoms with Crippen LogP contribution in [-0.4, -0.2) is 88.3 Å². The van der Waals surface area contributed by atoms with E-state index in [1.807, 2.05) is 35.1 Å². The highest BCUT2D eigenvalue weighted by molar-refractivity contribution is 6.01. The molecular formula is C39H46N4O6. The first-order chi connectivity index (χ1) is 23.8. The first-order valence-corrected chi connectivity index (χ1v) is 16.9. The molecule has 0 saturated carbocycles. The fourth-order valence-corrected chi connectivity index (χ4v) is 6.21. The van der Waals surface area contributed by atoms with Gasteiger partial charge in [-0.15, -0.1) is 0 Å². The number of benzene rings is 3. The van der Waals surface area contributed by atoms with Gasteiger partial charge in [0.1, 0.15) is 12.4 Å². The summed E-state index contributed by atoms with van der Waals surface area (Å²) in [6.07, 6.45) is 7.60. The number of hydrogen-bond donors (Lipinski definition) is 2. The van der Waals surface area contributed by atoms with E-state index < -0.39 is 6.09 Å². The summed E-state index contributed by atoms with van der Waals surface area (Å²) >= 11 is 0. The number of aliphatic hydroxyl groups excluding tert-OH is 1. The molecular weight excluding hydrogens is 620 g/mol. The number of carboxylic acid groups (broad SMARTS) is 1. The third-order valence-corrected chi connectivity index (χ3v) is 8.88. The Balaban J connectivity index is 1.37. The molecule has 1 saturated heterocycles. The van der Waals surface area contributed by atoms with Gasteiger partial charge >= 0.3 is 6.09 Å². The van der Waals surface area contributed by atoms with Gasteiger partial charge in [0.15, 0.2) is 6.23 Å². The number of ether oxygens (including phenoxy) is 2. The van der Waals surface area contributed by atoms with Crippen LogP contribution in [0.1, 0.15) is 61.1 Å². The number of aliphatic hydroxyl groups is 1. The van der Waals surface area contributed by atoms with Crippen LogP contribution in [0.3, 0.4) is 0 Å². The summed E-state index contributed by atoms with van der Waals surface area (Å²) in [5, 5.41) is 24.4. The zero-order chi connectivity index (χ0) is 34.8. The van der Waals surface area contributed by atoms with Gasteiger partial charge in [0.25, 0.3) is 0 Å². The smallest absolute Gasteiger partial charge is 0.407 e. The van der Waals surface area contributed by atoms with Crippen LogP contribution in [0.5, 0.6) is 5.75 Å². The molecule has 4 aromatic rings. The Morgan fingerprint density at radius 2 is 1.84 bits per heavy atom. The Bertz CT molecular complexity index is 1790. The molecule has 1 aromatic heterocycles. The van der Waals surface area contributed by atoms with Gasteiger partial charge in [-0.25, -0.2) is 9.48 Å². The molecule has 49 heavy (non-hydrogen) atoms. The lowest BCUT2D eigenvalue weighted by Crippen LogP contribution is -2.34. The first kappa shape index (κ1) is 35.4. The van der Waals surface area contributed by atoms with Gasteiger partial charge in [0, 0.05) is 38.2 Å². The number of rotatable bonds is 14. The number of aryl methyl sites for hydroxylation is 1. The average Bonchev–Trinajstić information content (AvgIpc) is 3.54. The standard InChI is InChI=1S/C39H46N4O6/c1-4-33(34-11-6-5-10-28(34)2)38(30-16-19-35-31(26-30)27-40-43(35)37-13-7-8-24-49-37)29-14-17-32(18-15-29)48-25-22-42(39(46)47)20-9-12-36(45)41(3)21-23-44/h5-6,9-12,14-19,26-27,37,44H,4,7-8,13,20-25H2,1-3H3,(H,46,47). The van der Waals surface area contributed by atoms with E-state index in [4.69, 9.17) is 19.7 Å². The third kappa shape index (κ3) is 8.76. The summed E-state index contributed by atoms with van der Waals surface area (Å²) in [6, 6.07) is 22.9. The summed E-state index contributed by atoms with van der Waals surface area (Å²) in [6.45, 7) is 5.46. The van der Waals surface area contributed by atoms with Crippen molar-refractivity contribution < 1.29 is 29.3 Å². The van der Waals surface area contributed by atoms with E-state index >= 15 is 0 Å². The van der Waals surface area contributed by atoms with Crippen molar-refractivity contribution in [3.05, 3.63) is 107 Å². The van der Waals surface area contributed by atoms with Crippen molar-refractivity contribution in [3.8, 4) is 5.75 Å². The van der Waals surface area contributed by atoms with Crippen molar-refractivity contribution in [1.29, 1.82) is 0 Å². The summed E-state index contributed by atoms with van der Waals surface area (Å²) in [5.41, 5.74) is 7.98. The molecule has 10 nitrogen and oxygen atoms in total. The van der Waals surface area contributed by atoms with Gasteiger partial charge in [-0.1, -0.05) is 55.5 Å². The molecule has 1 atom stereocenters. The van der Waals surface area contributed by atoms with Gasteiger partial charge in [0.05, 0.1) is 24.9 Å². The molecule has 0 bridgehead atoms. The third-order valence-electron chi connectivity index (χ3n) is 8.88. The molecule has 10 heteroatoms. The highest BCUT2D eigenvalue weighted by Gasteiger charge is 2.20. The van der Waals surface area contributed by atoms with Crippen LogP contribution in [0, 0.1) is 6.92 Å². The van der Waals surface area contributed by atoms with E-state index in [1.54, 1.807) is 7.05 Å². The monoisotopic (exact) mass is 666 g/mol. The van der Waals surface area contributed by atoms with Crippen LogP contribution < -0.4 is 4.74 Å². The maximum atomic E-state index is 12.1. The number of allylic oxidation sites excluding steroid dienone is 1. The van der Waals surface area contributed by atoms with E-state index in [1.165, 1.54) is 38.7 Å². The topological polar surface area (TPSA) is 117 Å². The van der Waals surface area contributed by atoms with Crippen molar-refractivity contribution >= 4 is 34.0 Å². The van der Waals surface area contributed by atoms with Crippen molar-refractivity contribution in [3.63, 3.8) is 0 Å². The lowest BCUT2D eigenvalue weighted by Gasteiger charge is -2.23. The van der Waals surface area contributed by atoms with Gasteiger partial charge < -0.3 is 29.5 Å². The maximum Gasteiger partial charge on any atom is 0.407 e. The van der Waals surface area contributed by atoms with Gasteiger partial charge in [-0.2, -0.15) is 5.10 Å². The number of nitrogens with zero attached hydrogens (tertiary/aromatic N) is 4. The molecule has 258 valence electrons. The minimum Gasteiger partial charge on any atom is -0.492 e. The summed E-state index contributed by atoms with van der Waals surface area (Å²) in [7, 11) is 1.57. The Hall–Kier alpha value is -4.93. The zero-order valence-corrected chi connectivity index (χ0v) is 28.5. The maximum absolute atomic E-state index is 12.1. The normalized spacial score (nSPS) is 15.3. The SMILES string of the molecule is CCC(=C(c1ccc(OCCN(CC=CC(=O)N(C)CCO)C(=O)O)cc1)c1ccc2c(cnn2C2CCCCO2)c1)c1ccccc1C. The second-order valence-electron chi connectivity index (χ2n) is 12.2. The number of fused-ring (bicyclic) bond motifs is 1. The number of amides is 2. The van der Waals surface area contributed by atoms with Crippen LogP contribution in [0.4, 0.5) is 4.79 Å². The molecule has 1 aliphatic heterocycles. The summed E-state index contributed by atoms with van der Waals surface area (Å²) in [4.78, 5) is 26.4. The van der Waals surface area contributed by atoms with E-state index in [0.717, 1.165) is 59.9 Å². The fourth-order valence-electron chi connectivity index (χ4n) is 6.21. The Kier molecular flexibility index (Phi) is 12.2.